The number of ether oxygens (including phenoxy) is 3. The summed E-state index contributed by atoms with van der Waals surface area (Å²) >= 11 is 0. The van der Waals surface area contributed by atoms with E-state index in [1.54, 1.807) is 20.8 Å². The molecule has 12 atom stereocenters. The van der Waals surface area contributed by atoms with E-state index >= 15 is 46.3 Å². The van der Waals surface area contributed by atoms with Gasteiger partial charge in [-0.3, -0.25) is 57.5 Å². The zero-order valence-corrected chi connectivity index (χ0v) is 65.9. The molecule has 112 heavy (non-hydrogen) atoms. The summed E-state index contributed by atoms with van der Waals surface area (Å²) in [5.74, 6) is -22.7. The molecule has 4 saturated heterocycles. The minimum atomic E-state index is -5.27. The van der Waals surface area contributed by atoms with Crippen LogP contribution in [-0.2, 0) is 71.7 Å². The maximum atomic E-state index is 15.8. The summed E-state index contributed by atoms with van der Waals surface area (Å²) in [7, 11) is 8.66. The molecule has 37 heteroatoms. The van der Waals surface area contributed by atoms with E-state index in [-0.39, 0.29) is 90.8 Å². The van der Waals surface area contributed by atoms with Crippen molar-refractivity contribution in [3.8, 4) is 0 Å². The lowest BCUT2D eigenvalue weighted by atomic mass is 9.71. The fourth-order valence-electron chi connectivity index (χ4n) is 17.8. The molecule has 27 nitrogen and oxygen atoms in total. The van der Waals surface area contributed by atoms with Gasteiger partial charge in [0.25, 0.3) is 5.92 Å². The van der Waals surface area contributed by atoms with Gasteiger partial charge in [0.1, 0.15) is 72.1 Å². The Bertz CT molecular complexity index is 3320. The van der Waals surface area contributed by atoms with Crippen molar-refractivity contribution in [2.24, 2.45) is 35.5 Å². The van der Waals surface area contributed by atoms with Crippen molar-refractivity contribution in [2.75, 3.05) is 115 Å². The molecule has 4 aliphatic carbocycles. The summed E-state index contributed by atoms with van der Waals surface area (Å²) in [6.07, 6.45) is -20.6. The number of carbonyl (C=O) groups is 12. The van der Waals surface area contributed by atoms with Crippen LogP contribution in [0.25, 0.3) is 0 Å². The number of morpholine rings is 1. The fourth-order valence-corrected chi connectivity index (χ4v) is 17.8. The van der Waals surface area contributed by atoms with E-state index in [0.29, 0.717) is 44.9 Å². The van der Waals surface area contributed by atoms with Crippen molar-refractivity contribution < 1.29 is 116 Å². The molecular weight excluding hydrogens is 1500 g/mol. The number of carbonyl (C=O) groups excluding carboxylic acids is 12. The number of methoxy groups -OCH3 is 1. The van der Waals surface area contributed by atoms with Gasteiger partial charge in [0.15, 0.2) is 0 Å². The average Bonchev–Trinajstić information content (AvgIpc) is 0.932. The van der Waals surface area contributed by atoms with Crippen molar-refractivity contribution in [2.45, 2.75) is 253 Å². The van der Waals surface area contributed by atoms with E-state index in [2.05, 4.69) is 16.0 Å². The number of amides is 12. The van der Waals surface area contributed by atoms with Crippen LogP contribution >= 0.6 is 0 Å². The highest BCUT2D eigenvalue weighted by Gasteiger charge is 2.65. The molecule has 8 fully saturated rings. The van der Waals surface area contributed by atoms with Crippen LogP contribution in [0.3, 0.4) is 0 Å². The largest absolute Gasteiger partial charge is 0.397 e. The van der Waals surface area contributed by atoms with Crippen LogP contribution in [0.2, 0.25) is 0 Å². The van der Waals surface area contributed by atoms with Gasteiger partial charge in [0.2, 0.25) is 70.9 Å². The first-order valence-corrected chi connectivity index (χ1v) is 39.4. The van der Waals surface area contributed by atoms with Gasteiger partial charge in [-0.05, 0) is 114 Å². The third-order valence-corrected chi connectivity index (χ3v) is 24.6. The Morgan fingerprint density at radius 1 is 0.616 bits per heavy atom. The van der Waals surface area contributed by atoms with E-state index in [4.69, 9.17) is 14.2 Å². The number of alkyl halides is 10. The lowest BCUT2D eigenvalue weighted by Gasteiger charge is -2.50. The molecule has 4 saturated carbocycles. The monoisotopic (exact) mass is 1610 g/mol. The highest BCUT2D eigenvalue weighted by Crippen LogP contribution is 2.49. The zero-order chi connectivity index (χ0) is 82.8. The third-order valence-electron chi connectivity index (χ3n) is 24.6. The molecule has 4 aliphatic heterocycles. The number of rotatable bonds is 13. The predicted molar refractivity (Wildman–Crippen MR) is 383 cm³/mol. The maximum absolute atomic E-state index is 15.8. The Morgan fingerprint density at radius 2 is 1.23 bits per heavy atom. The highest BCUT2D eigenvalue weighted by atomic mass is 19.4. The van der Waals surface area contributed by atoms with Crippen LogP contribution in [0.15, 0.2) is 0 Å². The molecule has 4 heterocycles. The summed E-state index contributed by atoms with van der Waals surface area (Å²) in [6.45, 7) is 2.40. The van der Waals surface area contributed by atoms with Gasteiger partial charge < -0.3 is 74.3 Å². The normalized spacial score (nSPS) is 32.4. The summed E-state index contributed by atoms with van der Waals surface area (Å²) in [5, 5.41) is 7.79. The van der Waals surface area contributed by atoms with Gasteiger partial charge in [0, 0.05) is 101 Å². The topological polar surface area (TPSA) is 298 Å². The van der Waals surface area contributed by atoms with Crippen LogP contribution < -0.4 is 16.0 Å². The Kier molecular flexibility index (Phi) is 31.1. The number of fused-ring (bicyclic) bond motifs is 3. The first-order chi connectivity index (χ1) is 52.6. The Hall–Kier alpha value is -7.18. The van der Waals surface area contributed by atoms with Crippen LogP contribution in [0.4, 0.5) is 43.9 Å². The molecule has 12 amide bonds. The number of likely N-dealkylation sites (N-methyl/N-ethyl adjacent to an activating group) is 6. The molecule has 8 aliphatic rings. The van der Waals surface area contributed by atoms with E-state index in [1.165, 1.54) is 59.2 Å². The van der Waals surface area contributed by atoms with Gasteiger partial charge in [-0.15, -0.1) is 0 Å². The molecule has 1 spiro atoms. The average molecular weight is 1610 g/mol. The van der Waals surface area contributed by atoms with Gasteiger partial charge in [0.05, 0.1) is 51.4 Å². The summed E-state index contributed by atoms with van der Waals surface area (Å²) < 4.78 is 164. The first-order valence-electron chi connectivity index (χ1n) is 39.4. The Balaban J connectivity index is 1.22. The van der Waals surface area contributed by atoms with Crippen molar-refractivity contribution in [1.29, 1.82) is 0 Å². The van der Waals surface area contributed by atoms with E-state index in [0.717, 1.165) is 34.3 Å². The molecule has 2 unspecified atom stereocenters. The number of nitrogens with one attached hydrogen (secondary N) is 3. The molecule has 0 aromatic carbocycles. The minimum absolute atomic E-state index is 0.0132. The van der Waals surface area contributed by atoms with E-state index < -0.39 is 268 Å². The van der Waals surface area contributed by atoms with Crippen molar-refractivity contribution in [3.05, 3.63) is 0 Å². The molecule has 8 rings (SSSR count). The van der Waals surface area contributed by atoms with Crippen molar-refractivity contribution in [1.82, 2.24) is 60.0 Å². The van der Waals surface area contributed by atoms with Crippen molar-refractivity contribution in [3.63, 3.8) is 0 Å². The molecule has 0 aromatic rings. The van der Waals surface area contributed by atoms with Crippen LogP contribution in [0.5, 0.6) is 0 Å². The molecule has 3 N–H and O–H groups in total. The highest BCUT2D eigenvalue weighted by molar-refractivity contribution is 6.01. The maximum Gasteiger partial charge on any atom is 0.397 e. The van der Waals surface area contributed by atoms with Crippen LogP contribution in [0, 0.1) is 35.5 Å². The third kappa shape index (κ3) is 21.7. The molecule has 2 bridgehead atoms. The zero-order valence-electron chi connectivity index (χ0n) is 65.9. The second-order valence-corrected chi connectivity index (χ2v) is 32.4. The Morgan fingerprint density at radius 3 is 1.81 bits per heavy atom. The quantitative estimate of drug-likeness (QED) is 0.200. The second-order valence-electron chi connectivity index (χ2n) is 32.4. The fraction of sp³-hybridized carbons (Fsp3) is 0.840. The first kappa shape index (κ1) is 90.4. The van der Waals surface area contributed by atoms with Gasteiger partial charge in [-0.1, -0.05) is 46.0 Å². The molecule has 634 valence electrons. The predicted octanol–water partition coefficient (Wildman–Crippen LogP) is 5.19. The number of hydrogen-bond acceptors (Lipinski definition) is 15. The van der Waals surface area contributed by atoms with E-state index in [9.17, 15) is 55.1 Å². The van der Waals surface area contributed by atoms with Crippen LogP contribution in [0.1, 0.15) is 162 Å². The summed E-state index contributed by atoms with van der Waals surface area (Å²) in [4.78, 5) is 191. The number of halogens is 10. The van der Waals surface area contributed by atoms with E-state index in [1.807, 2.05) is 0 Å². The van der Waals surface area contributed by atoms with Gasteiger partial charge >= 0.3 is 12.4 Å². The SMILES string of the molecule is CCO[C@@H]1C[C@H]2C(=O)NC3(CC(F)(F)C3)C(=O)N(C)[C@@H](C3CCCC3)C(=O)N(C)[C@H](C(=O)N3CCOCC3)CC(=O)N(C)[C@@H](COC)C(=O)N[C@@H]([C@@H](C)CC)C(=O)N(C)CC(=O)N(C)[C@H]3CCCCCN(C3=O)[C@@H](CC3CCC(C(F)(F)F)CC3)C(=O)N(C)CC(=O)N[C@@H](CCC3CC(F)C(C(F)(F)F)C(F)C3)C(=O)N2C1. The number of nitrogens with zero attached hydrogens (tertiary/aromatic N) is 9. The lowest BCUT2D eigenvalue weighted by Crippen LogP contribution is -2.72. The second kappa shape index (κ2) is 38.5. The van der Waals surface area contributed by atoms with Crippen LogP contribution in [-0.4, -0.2) is 321 Å². The van der Waals surface area contributed by atoms with Gasteiger partial charge in [-0.25, -0.2) is 17.6 Å². The Labute approximate surface area is 647 Å². The molecule has 0 aromatic heterocycles. The van der Waals surface area contributed by atoms with Gasteiger partial charge in [-0.2, -0.15) is 26.3 Å². The lowest BCUT2D eigenvalue weighted by molar-refractivity contribution is -0.219. The summed E-state index contributed by atoms with van der Waals surface area (Å²) in [6, 6.07) is -12.6. The van der Waals surface area contributed by atoms with Crippen molar-refractivity contribution >= 4 is 70.9 Å². The molecular formula is C75H114F10N12O15. The summed E-state index contributed by atoms with van der Waals surface area (Å²) in [5.41, 5.74) is -2.52. The standard InChI is InChI=1S/C75H114F10N12O15/c1-11-43(3)61-69(107)90(5)39-59(100)91(6)52-20-14-13-17-27-96(68(52)106)55(34-44-21-24-47(25-22-44)74(80,81)82)66(104)89(4)38-57(98)86-51(26-23-45-32-49(76)60(50(77)33-45)75(83,84)85)65(103)97-37-48(112-12-2)35-53(97)64(102)88-72(41-73(78,79)42-72)71(109)94(9)62(46-18-15-16-19-46)70(108)93(8)54(67(105)95-28-30-111-31-29-95)36-58(99)92(7)56(40-110-10)63(101)87-61/h43-56,60-62H,11-42H2,1-10H3,(H,86,98)(H,87,101)(H,88,102)/t43-,44?,45?,47?,48+,49?,50?,51-,52-,53-,54-,55-,56-,60?,61-,62-/m0/s1. The molecule has 0 radical (unpaired) electrons. The number of hydrogen-bond donors (Lipinski definition) is 3. The minimum Gasteiger partial charge on any atom is -0.382 e. The smallest absolute Gasteiger partial charge is 0.382 e.